The Labute approximate surface area is 58.3 Å². The van der Waals surface area contributed by atoms with Crippen LogP contribution in [0.15, 0.2) is 0 Å². The molecular formula is C5H10N4O. The average Bonchev–Trinajstić information content (AvgIpc) is 2.37. The first-order valence-corrected chi connectivity index (χ1v) is 3.08. The van der Waals surface area contributed by atoms with E-state index in [0.29, 0.717) is 24.6 Å². The van der Waals surface area contributed by atoms with Crippen LogP contribution in [0.3, 0.4) is 0 Å². The average molecular weight is 142 g/mol. The maximum Gasteiger partial charge on any atom is 0.153 e. The molecule has 5 heteroatoms. The van der Waals surface area contributed by atoms with Crippen molar-refractivity contribution in [3.05, 3.63) is 11.6 Å². The molecule has 0 atom stereocenters. The molecule has 0 aliphatic rings. The number of aliphatic hydroxyl groups excluding tert-OH is 1. The summed E-state index contributed by atoms with van der Waals surface area (Å²) in [5.74, 6) is 1.27. The maximum atomic E-state index is 8.48. The van der Waals surface area contributed by atoms with Crippen LogP contribution < -0.4 is 5.73 Å². The lowest BCUT2D eigenvalue weighted by Gasteiger charge is -1.84. The summed E-state index contributed by atoms with van der Waals surface area (Å²) in [6.07, 6.45) is 0.483. The zero-order chi connectivity index (χ0) is 7.40. The van der Waals surface area contributed by atoms with Crippen LogP contribution in [0, 0.1) is 0 Å². The molecule has 0 aliphatic heterocycles. The Morgan fingerprint density at radius 1 is 1.60 bits per heavy atom. The second kappa shape index (κ2) is 3.28. The molecule has 0 amide bonds. The number of hydrogen-bond donors (Lipinski definition) is 3. The minimum atomic E-state index is 0.0713. The summed E-state index contributed by atoms with van der Waals surface area (Å²) in [7, 11) is 0. The number of hydrogen-bond acceptors (Lipinski definition) is 4. The summed E-state index contributed by atoms with van der Waals surface area (Å²) in [5, 5.41) is 14.9. The van der Waals surface area contributed by atoms with Crippen LogP contribution in [0.1, 0.15) is 11.6 Å². The normalized spacial score (nSPS) is 10.2. The number of H-pyrrole nitrogens is 1. The fraction of sp³-hybridized carbons (Fsp3) is 0.600. The highest BCUT2D eigenvalue weighted by Crippen LogP contribution is 1.90. The molecule has 0 saturated heterocycles. The summed E-state index contributed by atoms with van der Waals surface area (Å²) in [4.78, 5) is 3.97. The Morgan fingerprint density at radius 2 is 2.40 bits per heavy atom. The Morgan fingerprint density at radius 3 is 2.90 bits per heavy atom. The zero-order valence-electron chi connectivity index (χ0n) is 5.54. The number of nitrogens with zero attached hydrogens (tertiary/aromatic N) is 2. The zero-order valence-corrected chi connectivity index (χ0v) is 5.54. The van der Waals surface area contributed by atoms with Gasteiger partial charge in [-0.3, -0.25) is 5.10 Å². The van der Waals surface area contributed by atoms with Crippen molar-refractivity contribution in [1.29, 1.82) is 0 Å². The minimum absolute atomic E-state index is 0.0713. The van der Waals surface area contributed by atoms with Gasteiger partial charge < -0.3 is 10.8 Å². The van der Waals surface area contributed by atoms with Crippen molar-refractivity contribution in [2.24, 2.45) is 5.73 Å². The topological polar surface area (TPSA) is 87.8 Å². The highest BCUT2D eigenvalue weighted by Gasteiger charge is 1.98. The second-order valence-electron chi connectivity index (χ2n) is 1.88. The summed E-state index contributed by atoms with van der Waals surface area (Å²) in [5.41, 5.74) is 5.26. The van der Waals surface area contributed by atoms with E-state index < -0.39 is 0 Å². The molecule has 1 aromatic rings. The van der Waals surface area contributed by atoms with Crippen molar-refractivity contribution < 1.29 is 5.11 Å². The first kappa shape index (κ1) is 7.17. The molecule has 0 aliphatic carbocycles. The predicted molar refractivity (Wildman–Crippen MR) is 35.1 cm³/mol. The summed E-state index contributed by atoms with van der Waals surface area (Å²) >= 11 is 0. The number of rotatable bonds is 3. The third-order valence-corrected chi connectivity index (χ3v) is 1.11. The molecule has 0 bridgehead atoms. The highest BCUT2D eigenvalue weighted by atomic mass is 16.3. The van der Waals surface area contributed by atoms with E-state index in [-0.39, 0.29) is 6.61 Å². The van der Waals surface area contributed by atoms with Gasteiger partial charge in [0.1, 0.15) is 5.82 Å². The second-order valence-corrected chi connectivity index (χ2v) is 1.88. The molecule has 4 N–H and O–H groups in total. The Bertz CT molecular complexity index is 197. The van der Waals surface area contributed by atoms with Crippen LogP contribution in [0.2, 0.25) is 0 Å². The quantitative estimate of drug-likeness (QED) is 0.494. The smallest absolute Gasteiger partial charge is 0.153 e. The van der Waals surface area contributed by atoms with E-state index in [0.717, 1.165) is 0 Å². The number of nitrogens with one attached hydrogen (secondary N) is 1. The van der Waals surface area contributed by atoms with Crippen molar-refractivity contribution in [1.82, 2.24) is 15.2 Å². The van der Waals surface area contributed by atoms with Crippen molar-refractivity contribution in [3.8, 4) is 0 Å². The van der Waals surface area contributed by atoms with Crippen LogP contribution in [0.4, 0.5) is 0 Å². The van der Waals surface area contributed by atoms with Crippen molar-refractivity contribution in [3.63, 3.8) is 0 Å². The number of nitrogens with two attached hydrogens (primary N) is 1. The third kappa shape index (κ3) is 1.52. The van der Waals surface area contributed by atoms with Gasteiger partial charge in [-0.1, -0.05) is 0 Å². The fourth-order valence-corrected chi connectivity index (χ4v) is 0.638. The standard InChI is InChI=1S/C5H10N4O/c6-3-5-7-4(1-2-10)8-9-5/h10H,1-3,6H2,(H,7,8,9). The largest absolute Gasteiger partial charge is 0.396 e. The Balaban J connectivity index is 2.59. The monoisotopic (exact) mass is 142 g/mol. The van der Waals surface area contributed by atoms with E-state index in [1.165, 1.54) is 0 Å². The van der Waals surface area contributed by atoms with Gasteiger partial charge in [-0.05, 0) is 0 Å². The lowest BCUT2D eigenvalue weighted by Crippen LogP contribution is -1.98. The predicted octanol–water partition coefficient (Wildman–Crippen LogP) is -1.20. The Hall–Kier alpha value is -0.940. The van der Waals surface area contributed by atoms with Crippen molar-refractivity contribution >= 4 is 0 Å². The van der Waals surface area contributed by atoms with Gasteiger partial charge in [0.15, 0.2) is 5.82 Å². The number of aromatic amines is 1. The van der Waals surface area contributed by atoms with Crippen LogP contribution in [0.25, 0.3) is 0 Å². The van der Waals surface area contributed by atoms with E-state index in [9.17, 15) is 0 Å². The maximum absolute atomic E-state index is 8.48. The number of aromatic nitrogens is 3. The van der Waals surface area contributed by atoms with E-state index in [1.807, 2.05) is 0 Å². The van der Waals surface area contributed by atoms with Crippen LogP contribution in [0.5, 0.6) is 0 Å². The highest BCUT2D eigenvalue weighted by molar-refractivity contribution is 4.89. The molecule has 1 aromatic heterocycles. The Kier molecular flexibility index (Phi) is 2.35. The van der Waals surface area contributed by atoms with Gasteiger partial charge in [-0.25, -0.2) is 4.98 Å². The van der Waals surface area contributed by atoms with E-state index in [1.54, 1.807) is 0 Å². The molecular weight excluding hydrogens is 132 g/mol. The van der Waals surface area contributed by atoms with Crippen LogP contribution in [-0.4, -0.2) is 26.9 Å². The molecule has 0 saturated carbocycles. The van der Waals surface area contributed by atoms with Gasteiger partial charge in [0.2, 0.25) is 0 Å². The SMILES string of the molecule is NCc1nc(CCO)n[nH]1. The summed E-state index contributed by atoms with van der Waals surface area (Å²) in [6, 6.07) is 0. The molecule has 0 aromatic carbocycles. The van der Waals surface area contributed by atoms with Gasteiger partial charge in [-0.2, -0.15) is 5.10 Å². The van der Waals surface area contributed by atoms with E-state index >= 15 is 0 Å². The van der Waals surface area contributed by atoms with E-state index in [4.69, 9.17) is 10.8 Å². The molecule has 1 heterocycles. The fourth-order valence-electron chi connectivity index (χ4n) is 0.638. The van der Waals surface area contributed by atoms with Crippen LogP contribution >= 0.6 is 0 Å². The first-order valence-electron chi connectivity index (χ1n) is 3.08. The van der Waals surface area contributed by atoms with Gasteiger partial charge in [0.25, 0.3) is 0 Å². The van der Waals surface area contributed by atoms with Gasteiger partial charge in [0, 0.05) is 6.42 Å². The van der Waals surface area contributed by atoms with Gasteiger partial charge >= 0.3 is 0 Å². The molecule has 56 valence electrons. The molecule has 1 rings (SSSR count). The minimum Gasteiger partial charge on any atom is -0.396 e. The van der Waals surface area contributed by atoms with Gasteiger partial charge in [-0.15, -0.1) is 0 Å². The van der Waals surface area contributed by atoms with Gasteiger partial charge in [0.05, 0.1) is 13.2 Å². The van der Waals surface area contributed by atoms with Crippen LogP contribution in [-0.2, 0) is 13.0 Å². The lowest BCUT2D eigenvalue weighted by molar-refractivity contribution is 0.296. The molecule has 10 heavy (non-hydrogen) atoms. The van der Waals surface area contributed by atoms with Crippen molar-refractivity contribution in [2.75, 3.05) is 6.61 Å². The lowest BCUT2D eigenvalue weighted by atomic mass is 10.4. The summed E-state index contributed by atoms with van der Waals surface area (Å²) < 4.78 is 0. The number of aliphatic hydroxyl groups is 1. The third-order valence-electron chi connectivity index (χ3n) is 1.11. The first-order chi connectivity index (χ1) is 4.86. The molecule has 5 nitrogen and oxygen atoms in total. The van der Waals surface area contributed by atoms with Crippen molar-refractivity contribution in [2.45, 2.75) is 13.0 Å². The molecule has 0 spiro atoms. The molecule has 0 radical (unpaired) electrons. The molecule has 0 unspecified atom stereocenters. The molecule has 0 fully saturated rings. The van der Waals surface area contributed by atoms with E-state index in [2.05, 4.69) is 15.2 Å². The summed E-state index contributed by atoms with van der Waals surface area (Å²) in [6.45, 7) is 0.431.